The summed E-state index contributed by atoms with van der Waals surface area (Å²) in [6.07, 6.45) is 0. The Bertz CT molecular complexity index is 3190. The van der Waals surface area contributed by atoms with Crippen molar-refractivity contribution in [3.63, 3.8) is 0 Å². The second kappa shape index (κ2) is 15.0. The third kappa shape index (κ3) is 6.77. The van der Waals surface area contributed by atoms with Gasteiger partial charge in [0.15, 0.2) is 0 Å². The molecule has 57 heavy (non-hydrogen) atoms. The molecule has 10 aromatic rings. The Kier molecular flexibility index (Phi) is 7.84. The highest BCUT2D eigenvalue weighted by molar-refractivity contribution is 6.04. The number of rotatable bonds is 8. The smallest absolute Gasteiger partial charge is 0.0645 e. The van der Waals surface area contributed by atoms with Crippen LogP contribution in [0.2, 0.25) is 0 Å². The summed E-state index contributed by atoms with van der Waals surface area (Å²) in [5.74, 6) is 0. The van der Waals surface area contributed by atoms with Crippen LogP contribution in [0.5, 0.6) is 0 Å². The second-order valence-electron chi connectivity index (χ2n) is 14.2. The van der Waals surface area contributed by atoms with Gasteiger partial charge in [-0.05, 0) is 126 Å². The SMILES string of the molecule is [2H]c1c([2H])c(N(c2ccc(-c3cccc(-c4ccc5ccccc5c4)c3)cc2)c2ccc(-c3c(-c4ccccc4)ccc4ccccc34)cc2)c([2H])c([2H])c1-c1ccccc1. The molecular formula is C56H39N. The molecule has 0 atom stereocenters. The van der Waals surface area contributed by atoms with Crippen molar-refractivity contribution in [2.75, 3.05) is 4.90 Å². The molecule has 0 bridgehead atoms. The van der Waals surface area contributed by atoms with Gasteiger partial charge in [0, 0.05) is 17.1 Å². The highest BCUT2D eigenvalue weighted by Gasteiger charge is 2.16. The first kappa shape index (κ1) is 29.8. The number of hydrogen-bond donors (Lipinski definition) is 0. The van der Waals surface area contributed by atoms with E-state index in [1.165, 1.54) is 10.8 Å². The van der Waals surface area contributed by atoms with Gasteiger partial charge in [-0.3, -0.25) is 0 Å². The molecule has 0 unspecified atom stereocenters. The first-order chi connectivity index (χ1) is 29.9. The van der Waals surface area contributed by atoms with Gasteiger partial charge < -0.3 is 4.90 Å². The van der Waals surface area contributed by atoms with Gasteiger partial charge in [-0.1, -0.05) is 188 Å². The fraction of sp³-hybridized carbons (Fsp3) is 0. The fourth-order valence-corrected chi connectivity index (χ4v) is 7.84. The summed E-state index contributed by atoms with van der Waals surface area (Å²) in [5, 5.41) is 4.69. The van der Waals surface area contributed by atoms with Crippen molar-refractivity contribution in [2.45, 2.75) is 0 Å². The van der Waals surface area contributed by atoms with Gasteiger partial charge in [-0.2, -0.15) is 0 Å². The number of benzene rings is 10. The molecule has 0 radical (unpaired) electrons. The molecule has 1 nitrogen and oxygen atoms in total. The maximum Gasteiger partial charge on any atom is 0.0645 e. The maximum atomic E-state index is 9.44. The summed E-state index contributed by atoms with van der Waals surface area (Å²) in [7, 11) is 0. The van der Waals surface area contributed by atoms with Crippen molar-refractivity contribution in [3.8, 4) is 55.6 Å². The lowest BCUT2D eigenvalue weighted by molar-refractivity contribution is 1.28. The lowest BCUT2D eigenvalue weighted by Crippen LogP contribution is -2.09. The first-order valence-electron chi connectivity index (χ1n) is 21.3. The van der Waals surface area contributed by atoms with E-state index in [0.29, 0.717) is 16.9 Å². The van der Waals surface area contributed by atoms with Crippen molar-refractivity contribution in [2.24, 2.45) is 0 Å². The zero-order chi connectivity index (χ0) is 41.5. The van der Waals surface area contributed by atoms with Gasteiger partial charge >= 0.3 is 0 Å². The van der Waals surface area contributed by atoms with Crippen LogP contribution in [0.1, 0.15) is 5.48 Å². The van der Waals surface area contributed by atoms with Crippen LogP contribution in [0, 0.1) is 0 Å². The maximum absolute atomic E-state index is 9.44. The standard InChI is InChI=1S/C56H39N/c1-3-12-40(13-4-1)42-24-31-51(32-25-42)57(52-33-26-43(27-34-52)48-19-11-20-49(38-48)50-23-22-41-14-7-8-18-47(41)39-50)53-35-28-46(29-36-53)56-54-21-10-9-17-45(54)30-37-55(56)44-15-5-2-6-16-44/h1-39H/i24D,25D,31D,32D. The minimum atomic E-state index is -0.114. The molecule has 0 saturated heterocycles. The summed E-state index contributed by atoms with van der Waals surface area (Å²) in [6, 6.07) is 71.8. The van der Waals surface area contributed by atoms with Crippen LogP contribution in [0.15, 0.2) is 236 Å². The van der Waals surface area contributed by atoms with Gasteiger partial charge in [0.1, 0.15) is 0 Å². The quantitative estimate of drug-likeness (QED) is 0.151. The van der Waals surface area contributed by atoms with Crippen LogP contribution in [0.25, 0.3) is 77.2 Å². The van der Waals surface area contributed by atoms with Crippen molar-refractivity contribution in [3.05, 3.63) is 236 Å². The third-order valence-electron chi connectivity index (χ3n) is 10.7. The fourth-order valence-electron chi connectivity index (χ4n) is 7.84. The Labute approximate surface area is 340 Å². The Balaban J connectivity index is 1.09. The summed E-state index contributed by atoms with van der Waals surface area (Å²) in [4.78, 5) is 1.86. The van der Waals surface area contributed by atoms with Gasteiger partial charge in [0.2, 0.25) is 0 Å². The molecule has 0 N–H and O–H groups in total. The van der Waals surface area contributed by atoms with E-state index >= 15 is 0 Å². The number of fused-ring (bicyclic) bond motifs is 2. The van der Waals surface area contributed by atoms with E-state index in [0.717, 1.165) is 55.3 Å². The van der Waals surface area contributed by atoms with Crippen LogP contribution < -0.4 is 4.90 Å². The molecule has 1 heteroatoms. The molecular weight excluding hydrogens is 687 g/mol. The van der Waals surface area contributed by atoms with Crippen LogP contribution in [-0.2, 0) is 0 Å². The van der Waals surface area contributed by atoms with Crippen molar-refractivity contribution < 1.29 is 5.48 Å². The van der Waals surface area contributed by atoms with Gasteiger partial charge in [-0.25, -0.2) is 0 Å². The van der Waals surface area contributed by atoms with Crippen molar-refractivity contribution in [1.82, 2.24) is 0 Å². The topological polar surface area (TPSA) is 3.24 Å². The van der Waals surface area contributed by atoms with Gasteiger partial charge in [-0.15, -0.1) is 0 Å². The minimum Gasteiger partial charge on any atom is -0.311 e. The average molecular weight is 730 g/mol. The monoisotopic (exact) mass is 729 g/mol. The van der Waals surface area contributed by atoms with Crippen LogP contribution in [0.3, 0.4) is 0 Å². The lowest BCUT2D eigenvalue weighted by atomic mass is 9.89. The Morgan fingerprint density at radius 3 is 1.47 bits per heavy atom. The van der Waals surface area contributed by atoms with Crippen molar-refractivity contribution in [1.29, 1.82) is 0 Å². The van der Waals surface area contributed by atoms with Crippen LogP contribution in [-0.4, -0.2) is 0 Å². The molecule has 0 heterocycles. The van der Waals surface area contributed by atoms with Crippen LogP contribution in [0.4, 0.5) is 17.1 Å². The van der Waals surface area contributed by atoms with E-state index in [1.54, 1.807) is 0 Å². The Hall–Kier alpha value is -7.48. The molecule has 0 aromatic heterocycles. The second-order valence-corrected chi connectivity index (χ2v) is 14.2. The van der Waals surface area contributed by atoms with E-state index in [-0.39, 0.29) is 35.4 Å². The van der Waals surface area contributed by atoms with E-state index in [4.69, 9.17) is 0 Å². The van der Waals surface area contributed by atoms with E-state index in [1.807, 2.05) is 65.6 Å². The Morgan fingerprint density at radius 1 is 0.281 bits per heavy atom. The zero-order valence-electron chi connectivity index (χ0n) is 35.2. The van der Waals surface area contributed by atoms with Crippen molar-refractivity contribution >= 4 is 38.6 Å². The summed E-state index contributed by atoms with van der Waals surface area (Å²) in [6.45, 7) is 0. The summed E-state index contributed by atoms with van der Waals surface area (Å²) >= 11 is 0. The molecule has 0 spiro atoms. The molecule has 10 aromatic carbocycles. The first-order valence-corrected chi connectivity index (χ1v) is 19.3. The number of anilines is 3. The van der Waals surface area contributed by atoms with Gasteiger partial charge in [0.25, 0.3) is 0 Å². The molecule has 0 aliphatic rings. The molecule has 10 rings (SSSR count). The normalized spacial score (nSPS) is 12.1. The van der Waals surface area contributed by atoms with Gasteiger partial charge in [0.05, 0.1) is 5.48 Å². The minimum absolute atomic E-state index is 0.0887. The molecule has 0 amide bonds. The summed E-state index contributed by atoms with van der Waals surface area (Å²) < 4.78 is 37.3. The largest absolute Gasteiger partial charge is 0.311 e. The molecule has 0 aliphatic heterocycles. The highest BCUT2D eigenvalue weighted by Crippen LogP contribution is 2.42. The molecule has 0 saturated carbocycles. The highest BCUT2D eigenvalue weighted by atomic mass is 15.1. The molecule has 0 aliphatic carbocycles. The molecule has 0 fully saturated rings. The van der Waals surface area contributed by atoms with E-state index in [2.05, 4.69) is 152 Å². The zero-order valence-corrected chi connectivity index (χ0v) is 31.2. The number of nitrogens with zero attached hydrogens (tertiary/aromatic N) is 1. The molecule has 268 valence electrons. The van der Waals surface area contributed by atoms with E-state index in [9.17, 15) is 5.48 Å². The average Bonchev–Trinajstić information content (AvgIpc) is 3.32. The van der Waals surface area contributed by atoms with E-state index < -0.39 is 0 Å². The summed E-state index contributed by atoms with van der Waals surface area (Å²) in [5.41, 5.74) is 11.3. The Morgan fingerprint density at radius 2 is 0.772 bits per heavy atom. The predicted octanol–water partition coefficient (Wildman–Crippen LogP) is 15.8. The number of hydrogen-bond acceptors (Lipinski definition) is 1. The predicted molar refractivity (Wildman–Crippen MR) is 243 cm³/mol. The van der Waals surface area contributed by atoms with Crippen LogP contribution >= 0.6 is 0 Å². The third-order valence-corrected chi connectivity index (χ3v) is 10.7. The lowest BCUT2D eigenvalue weighted by Gasteiger charge is -2.26.